The first-order valence-corrected chi connectivity index (χ1v) is 7.81. The van der Waals surface area contributed by atoms with Crippen LogP contribution < -0.4 is 0 Å². The fourth-order valence-electron chi connectivity index (χ4n) is 2.24. The summed E-state index contributed by atoms with van der Waals surface area (Å²) in [5.41, 5.74) is -1.07. The van der Waals surface area contributed by atoms with Gasteiger partial charge >= 0.3 is 5.97 Å². The average molecular weight is 306 g/mol. The molecule has 2 rings (SSSR count). The summed E-state index contributed by atoms with van der Waals surface area (Å²) in [6.07, 6.45) is 0.875. The molecule has 0 fully saturated rings. The van der Waals surface area contributed by atoms with E-state index in [-0.39, 0.29) is 0 Å². The fraction of sp³-hybridized carbons (Fsp3) is 0.429. The molecule has 0 amide bonds. The zero-order chi connectivity index (χ0) is 15.3. The highest BCUT2D eigenvalue weighted by Gasteiger charge is 2.40. The van der Waals surface area contributed by atoms with Crippen molar-refractivity contribution in [2.24, 2.45) is 0 Å². The number of aromatic nitrogens is 4. The van der Waals surface area contributed by atoms with Crippen LogP contribution in [0.1, 0.15) is 32.5 Å². The van der Waals surface area contributed by atoms with Crippen LogP contribution in [-0.4, -0.2) is 31.3 Å². The lowest BCUT2D eigenvalue weighted by molar-refractivity contribution is -0.148. The van der Waals surface area contributed by atoms with Crippen molar-refractivity contribution in [1.29, 1.82) is 0 Å². The lowest BCUT2D eigenvalue weighted by atomic mass is 9.93. The number of tetrazole rings is 1. The molecule has 1 heterocycles. The van der Waals surface area contributed by atoms with Crippen molar-refractivity contribution in [2.75, 3.05) is 0 Å². The molecule has 0 saturated heterocycles. The van der Waals surface area contributed by atoms with Crippen molar-refractivity contribution in [3.8, 4) is 0 Å². The van der Waals surface area contributed by atoms with E-state index in [2.05, 4.69) is 15.5 Å². The Balaban J connectivity index is 2.23. The lowest BCUT2D eigenvalue weighted by Gasteiger charge is -2.27. The minimum absolute atomic E-state index is 0.437. The largest absolute Gasteiger partial charge is 0.479 e. The molecule has 0 aliphatic rings. The minimum Gasteiger partial charge on any atom is -0.479 e. The molecule has 2 aromatic rings. The predicted molar refractivity (Wildman–Crippen MR) is 80.0 cm³/mol. The smallest absolute Gasteiger partial charge is 0.331 e. The quantitative estimate of drug-likeness (QED) is 0.792. The van der Waals surface area contributed by atoms with Gasteiger partial charge in [-0.1, -0.05) is 32.0 Å². The lowest BCUT2D eigenvalue weighted by Crippen LogP contribution is -2.42. The van der Waals surface area contributed by atoms with Crippen molar-refractivity contribution in [3.05, 3.63) is 36.2 Å². The SMILES string of the molecule is CCC(CC)(C(=O)O)n1nnnc1CSc1ccccc1. The number of hydrogen-bond acceptors (Lipinski definition) is 5. The third-order valence-electron chi connectivity index (χ3n) is 3.62. The van der Waals surface area contributed by atoms with Gasteiger partial charge in [0.2, 0.25) is 0 Å². The number of carboxylic acids is 1. The summed E-state index contributed by atoms with van der Waals surface area (Å²) >= 11 is 1.58. The number of hydrogen-bond donors (Lipinski definition) is 1. The maximum Gasteiger partial charge on any atom is 0.331 e. The molecule has 0 bridgehead atoms. The van der Waals surface area contributed by atoms with Crippen LogP contribution in [0.3, 0.4) is 0 Å². The van der Waals surface area contributed by atoms with Crippen LogP contribution >= 0.6 is 11.8 Å². The highest BCUT2D eigenvalue weighted by molar-refractivity contribution is 7.98. The predicted octanol–water partition coefficient (Wildman–Crippen LogP) is 2.57. The molecular formula is C14H18N4O2S. The summed E-state index contributed by atoms with van der Waals surface area (Å²) in [6, 6.07) is 9.89. The van der Waals surface area contributed by atoms with Crippen LogP contribution in [0, 0.1) is 0 Å². The van der Waals surface area contributed by atoms with Gasteiger partial charge < -0.3 is 5.11 Å². The van der Waals surface area contributed by atoms with Gasteiger partial charge in [0.25, 0.3) is 0 Å². The average Bonchev–Trinajstić information content (AvgIpc) is 2.97. The Labute approximate surface area is 127 Å². The van der Waals surface area contributed by atoms with Crippen molar-refractivity contribution in [2.45, 2.75) is 42.9 Å². The number of rotatable bonds is 7. The van der Waals surface area contributed by atoms with Gasteiger partial charge in [0.05, 0.1) is 5.75 Å². The highest BCUT2D eigenvalue weighted by atomic mass is 32.2. The second kappa shape index (κ2) is 6.71. The molecule has 1 N–H and O–H groups in total. The van der Waals surface area contributed by atoms with Crippen LogP contribution in [-0.2, 0) is 16.1 Å². The van der Waals surface area contributed by atoms with Crippen LogP contribution in [0.15, 0.2) is 35.2 Å². The Bertz CT molecular complexity index is 596. The molecule has 7 heteroatoms. The van der Waals surface area contributed by atoms with Gasteiger partial charge in [-0.05, 0) is 35.4 Å². The molecule has 0 unspecified atom stereocenters. The highest BCUT2D eigenvalue weighted by Crippen LogP contribution is 2.28. The summed E-state index contributed by atoms with van der Waals surface area (Å²) < 4.78 is 1.46. The number of benzene rings is 1. The molecule has 1 aromatic heterocycles. The normalized spacial score (nSPS) is 11.5. The number of carboxylic acid groups (broad SMARTS) is 1. The molecule has 0 spiro atoms. The maximum absolute atomic E-state index is 11.7. The van der Waals surface area contributed by atoms with E-state index >= 15 is 0 Å². The third-order valence-corrected chi connectivity index (χ3v) is 4.63. The van der Waals surface area contributed by atoms with Crippen molar-refractivity contribution in [3.63, 3.8) is 0 Å². The minimum atomic E-state index is -1.07. The molecular weight excluding hydrogens is 288 g/mol. The second-order valence-electron chi connectivity index (χ2n) is 4.65. The Morgan fingerprint density at radius 2 is 1.95 bits per heavy atom. The molecule has 0 radical (unpaired) electrons. The standard InChI is InChI=1S/C14H18N4O2S/c1-3-14(4-2,13(19)20)18-12(15-16-17-18)10-21-11-8-6-5-7-9-11/h5-9H,3-4,10H2,1-2H3,(H,19,20). The van der Waals surface area contributed by atoms with Gasteiger partial charge in [0, 0.05) is 4.90 Å². The zero-order valence-electron chi connectivity index (χ0n) is 12.1. The van der Waals surface area contributed by atoms with Crippen molar-refractivity contribution < 1.29 is 9.90 Å². The van der Waals surface area contributed by atoms with E-state index in [1.807, 2.05) is 44.2 Å². The molecule has 0 saturated carbocycles. The molecule has 1 aromatic carbocycles. The van der Waals surface area contributed by atoms with E-state index in [4.69, 9.17) is 0 Å². The molecule has 0 aliphatic heterocycles. The van der Waals surface area contributed by atoms with E-state index in [1.54, 1.807) is 11.8 Å². The van der Waals surface area contributed by atoms with Gasteiger partial charge in [-0.15, -0.1) is 16.9 Å². The van der Waals surface area contributed by atoms with E-state index in [0.29, 0.717) is 24.4 Å². The summed E-state index contributed by atoms with van der Waals surface area (Å²) in [4.78, 5) is 12.8. The Kier molecular flexibility index (Phi) is 4.95. The van der Waals surface area contributed by atoms with E-state index in [1.165, 1.54) is 4.68 Å². The van der Waals surface area contributed by atoms with Gasteiger partial charge in [0.15, 0.2) is 11.4 Å². The topological polar surface area (TPSA) is 80.9 Å². The van der Waals surface area contributed by atoms with Gasteiger partial charge in [-0.3, -0.25) is 0 Å². The Hall–Kier alpha value is -1.89. The fourth-order valence-corrected chi connectivity index (χ4v) is 3.06. The first kappa shape index (κ1) is 15.5. The van der Waals surface area contributed by atoms with Crippen LogP contribution in [0.25, 0.3) is 0 Å². The Morgan fingerprint density at radius 3 is 2.52 bits per heavy atom. The van der Waals surface area contributed by atoms with Gasteiger partial charge in [0.1, 0.15) is 0 Å². The number of nitrogens with zero attached hydrogens (tertiary/aromatic N) is 4. The third kappa shape index (κ3) is 3.07. The van der Waals surface area contributed by atoms with E-state index in [0.717, 1.165) is 4.90 Å². The summed E-state index contributed by atoms with van der Waals surface area (Å²) in [5.74, 6) is 0.215. The monoisotopic (exact) mass is 306 g/mol. The number of carbonyl (C=O) groups is 1. The second-order valence-corrected chi connectivity index (χ2v) is 5.70. The van der Waals surface area contributed by atoms with Gasteiger partial charge in [-0.2, -0.15) is 0 Å². The molecule has 0 aliphatic carbocycles. The van der Waals surface area contributed by atoms with Crippen LogP contribution in [0.4, 0.5) is 0 Å². The number of thioether (sulfide) groups is 1. The molecule has 6 nitrogen and oxygen atoms in total. The summed E-state index contributed by atoms with van der Waals surface area (Å²) in [7, 11) is 0. The summed E-state index contributed by atoms with van der Waals surface area (Å²) in [6.45, 7) is 3.68. The molecule has 0 atom stereocenters. The zero-order valence-corrected chi connectivity index (χ0v) is 12.9. The first-order chi connectivity index (χ1) is 10.1. The van der Waals surface area contributed by atoms with Crippen LogP contribution in [0.5, 0.6) is 0 Å². The van der Waals surface area contributed by atoms with Crippen molar-refractivity contribution in [1.82, 2.24) is 20.2 Å². The van der Waals surface area contributed by atoms with Gasteiger partial charge in [-0.25, -0.2) is 9.48 Å². The van der Waals surface area contributed by atoms with E-state index < -0.39 is 11.5 Å². The Morgan fingerprint density at radius 1 is 1.29 bits per heavy atom. The molecule has 112 valence electrons. The van der Waals surface area contributed by atoms with Crippen LogP contribution in [0.2, 0.25) is 0 Å². The van der Waals surface area contributed by atoms with Crippen molar-refractivity contribution >= 4 is 17.7 Å². The molecule has 21 heavy (non-hydrogen) atoms. The van der Waals surface area contributed by atoms with E-state index in [9.17, 15) is 9.90 Å². The maximum atomic E-state index is 11.7. The summed E-state index contributed by atoms with van der Waals surface area (Å²) in [5, 5.41) is 21.2. The first-order valence-electron chi connectivity index (χ1n) is 6.83. The number of aliphatic carboxylic acids is 1.